The summed E-state index contributed by atoms with van der Waals surface area (Å²) in [7, 11) is 0. The topological polar surface area (TPSA) is 12.9 Å². The van der Waals surface area contributed by atoms with E-state index in [1.165, 1.54) is 80.2 Å². The normalized spacial score (nSPS) is 20.6. The summed E-state index contributed by atoms with van der Waals surface area (Å²) in [5.41, 5.74) is 5.27. The largest absolute Gasteiger partial charge is 0.260 e. The lowest BCUT2D eigenvalue weighted by Crippen LogP contribution is -2.14. The summed E-state index contributed by atoms with van der Waals surface area (Å²) in [4.78, 5) is 4.82. The Hall–Kier alpha value is -1.63. The highest BCUT2D eigenvalue weighted by Crippen LogP contribution is 2.37. The fraction of sp³-hybridized carbons (Fsp3) is 0.542. The van der Waals surface area contributed by atoms with Gasteiger partial charge in [-0.25, -0.2) is 0 Å². The summed E-state index contributed by atoms with van der Waals surface area (Å²) in [6, 6.07) is 13.6. The molecular formula is C24H33N. The molecule has 25 heavy (non-hydrogen) atoms. The molecule has 2 aromatic rings. The molecule has 1 aliphatic rings. The lowest BCUT2D eigenvalue weighted by atomic mass is 9.78. The Balaban J connectivity index is 1.60. The molecule has 1 aliphatic carbocycles. The van der Waals surface area contributed by atoms with E-state index in [0.717, 1.165) is 5.92 Å². The van der Waals surface area contributed by atoms with Crippen LogP contribution in [0.4, 0.5) is 0 Å². The first-order chi connectivity index (χ1) is 12.3. The van der Waals surface area contributed by atoms with Crippen LogP contribution in [-0.2, 0) is 6.42 Å². The van der Waals surface area contributed by atoms with Gasteiger partial charge >= 0.3 is 0 Å². The number of aromatic nitrogens is 1. The van der Waals surface area contributed by atoms with Gasteiger partial charge in [0.25, 0.3) is 0 Å². The number of rotatable bonds is 7. The van der Waals surface area contributed by atoms with Gasteiger partial charge in [0.1, 0.15) is 0 Å². The van der Waals surface area contributed by atoms with E-state index in [0.29, 0.717) is 5.92 Å². The lowest BCUT2D eigenvalue weighted by molar-refractivity contribution is 0.305. The number of unbranched alkanes of at least 4 members (excludes halogenated alkanes) is 1. The van der Waals surface area contributed by atoms with E-state index >= 15 is 0 Å². The summed E-state index contributed by atoms with van der Waals surface area (Å²) < 4.78 is 0. The van der Waals surface area contributed by atoms with Crippen molar-refractivity contribution in [1.29, 1.82) is 0 Å². The van der Waals surface area contributed by atoms with Crippen LogP contribution < -0.4 is 0 Å². The zero-order chi connectivity index (χ0) is 17.5. The van der Waals surface area contributed by atoms with Crippen molar-refractivity contribution in [3.05, 3.63) is 53.9 Å². The quantitative estimate of drug-likeness (QED) is 0.523. The maximum absolute atomic E-state index is 4.82. The summed E-state index contributed by atoms with van der Waals surface area (Å²) in [5.74, 6) is 1.64. The van der Waals surface area contributed by atoms with E-state index in [1.807, 2.05) is 0 Å². The van der Waals surface area contributed by atoms with Gasteiger partial charge in [-0.05, 0) is 61.6 Å². The first kappa shape index (κ1) is 18.2. The van der Waals surface area contributed by atoms with E-state index in [1.54, 1.807) is 0 Å². The van der Waals surface area contributed by atoms with E-state index in [9.17, 15) is 0 Å². The summed E-state index contributed by atoms with van der Waals surface area (Å²) in [6.07, 6.45) is 14.0. The maximum Gasteiger partial charge on any atom is 0.0434 e. The molecule has 1 aromatic carbocycles. The molecule has 0 amide bonds. The minimum absolute atomic E-state index is 0.679. The van der Waals surface area contributed by atoms with Crippen molar-refractivity contribution in [3.8, 4) is 11.1 Å². The Morgan fingerprint density at radius 1 is 0.840 bits per heavy atom. The van der Waals surface area contributed by atoms with Crippen LogP contribution in [0.1, 0.15) is 82.4 Å². The van der Waals surface area contributed by atoms with Gasteiger partial charge in [-0.15, -0.1) is 0 Å². The van der Waals surface area contributed by atoms with Crippen molar-refractivity contribution in [2.75, 3.05) is 0 Å². The van der Waals surface area contributed by atoms with E-state index in [4.69, 9.17) is 4.98 Å². The fourth-order valence-electron chi connectivity index (χ4n) is 4.22. The highest BCUT2D eigenvalue weighted by molar-refractivity contribution is 5.62. The second kappa shape index (κ2) is 9.17. The molecule has 1 aromatic heterocycles. The number of hydrogen-bond acceptors (Lipinski definition) is 1. The average Bonchev–Trinajstić information content (AvgIpc) is 2.68. The Morgan fingerprint density at radius 2 is 1.56 bits per heavy atom. The highest BCUT2D eigenvalue weighted by Gasteiger charge is 2.22. The van der Waals surface area contributed by atoms with Crippen LogP contribution in [0.3, 0.4) is 0 Å². The zero-order valence-corrected chi connectivity index (χ0v) is 16.0. The molecule has 0 saturated heterocycles. The number of aryl methyl sites for hydroxylation is 1. The van der Waals surface area contributed by atoms with Crippen LogP contribution in [0, 0.1) is 5.92 Å². The minimum atomic E-state index is 0.679. The van der Waals surface area contributed by atoms with Crippen LogP contribution in [0.25, 0.3) is 11.1 Å². The minimum Gasteiger partial charge on any atom is -0.260 e. The highest BCUT2D eigenvalue weighted by atomic mass is 14.7. The summed E-state index contributed by atoms with van der Waals surface area (Å²) >= 11 is 0. The predicted molar refractivity (Wildman–Crippen MR) is 108 cm³/mol. The third kappa shape index (κ3) is 4.93. The molecule has 1 saturated carbocycles. The van der Waals surface area contributed by atoms with Crippen LogP contribution in [0.15, 0.2) is 42.6 Å². The first-order valence-electron chi connectivity index (χ1n) is 10.4. The molecule has 1 heterocycles. The van der Waals surface area contributed by atoms with E-state index < -0.39 is 0 Å². The molecular weight excluding hydrogens is 302 g/mol. The third-order valence-electron chi connectivity index (χ3n) is 5.85. The molecule has 0 atom stereocenters. The van der Waals surface area contributed by atoms with Gasteiger partial charge in [-0.3, -0.25) is 4.98 Å². The molecule has 0 unspecified atom stereocenters. The predicted octanol–water partition coefficient (Wildman–Crippen LogP) is 7.17. The molecule has 0 radical (unpaired) electrons. The standard InChI is InChI=1S/C24H33N/c1-3-5-7-20-8-12-21(13-9-20)23-16-17-24(25-18-23)22-14-10-19(6-4-2)11-15-22/h8-9,12-13,16-19,22H,3-7,10-11,14-15H2,1-2H3/t19-,22-. The Labute approximate surface area is 153 Å². The van der Waals surface area contributed by atoms with Gasteiger partial charge in [-0.2, -0.15) is 0 Å². The summed E-state index contributed by atoms with van der Waals surface area (Å²) in [5, 5.41) is 0. The number of pyridine rings is 1. The van der Waals surface area contributed by atoms with Crippen molar-refractivity contribution in [3.63, 3.8) is 0 Å². The average molecular weight is 336 g/mol. The van der Waals surface area contributed by atoms with Gasteiger partial charge in [0.15, 0.2) is 0 Å². The van der Waals surface area contributed by atoms with Crippen molar-refractivity contribution >= 4 is 0 Å². The smallest absolute Gasteiger partial charge is 0.0434 e. The maximum atomic E-state index is 4.82. The molecule has 1 nitrogen and oxygen atoms in total. The Kier molecular flexibility index (Phi) is 6.67. The Bertz CT molecular complexity index is 618. The molecule has 3 rings (SSSR count). The fourth-order valence-corrected chi connectivity index (χ4v) is 4.22. The van der Waals surface area contributed by atoms with Gasteiger partial charge in [0, 0.05) is 23.4 Å². The van der Waals surface area contributed by atoms with Crippen LogP contribution in [-0.4, -0.2) is 4.98 Å². The van der Waals surface area contributed by atoms with Crippen LogP contribution in [0.5, 0.6) is 0 Å². The SMILES string of the molecule is CCCCc1ccc(-c2ccc([C@H]3CC[C@H](CCC)CC3)nc2)cc1. The zero-order valence-electron chi connectivity index (χ0n) is 16.0. The third-order valence-corrected chi connectivity index (χ3v) is 5.85. The van der Waals surface area contributed by atoms with Gasteiger partial charge in [0.2, 0.25) is 0 Å². The molecule has 0 spiro atoms. The second-order valence-corrected chi connectivity index (χ2v) is 7.78. The first-order valence-corrected chi connectivity index (χ1v) is 10.4. The van der Waals surface area contributed by atoms with Crippen LogP contribution >= 0.6 is 0 Å². The van der Waals surface area contributed by atoms with Crippen molar-refractivity contribution < 1.29 is 0 Å². The molecule has 0 bridgehead atoms. The number of nitrogens with zero attached hydrogens (tertiary/aromatic N) is 1. The number of benzene rings is 1. The van der Waals surface area contributed by atoms with E-state index in [2.05, 4.69) is 56.4 Å². The molecule has 1 fully saturated rings. The van der Waals surface area contributed by atoms with E-state index in [-0.39, 0.29) is 0 Å². The molecule has 0 N–H and O–H groups in total. The van der Waals surface area contributed by atoms with Crippen molar-refractivity contribution in [2.24, 2.45) is 5.92 Å². The summed E-state index contributed by atoms with van der Waals surface area (Å²) in [6.45, 7) is 4.56. The van der Waals surface area contributed by atoms with Crippen molar-refractivity contribution in [2.45, 2.75) is 77.6 Å². The number of hydrogen-bond donors (Lipinski definition) is 0. The van der Waals surface area contributed by atoms with Crippen LogP contribution in [0.2, 0.25) is 0 Å². The van der Waals surface area contributed by atoms with Gasteiger partial charge in [-0.1, -0.05) is 63.4 Å². The monoisotopic (exact) mass is 335 g/mol. The molecule has 1 heteroatoms. The van der Waals surface area contributed by atoms with Gasteiger partial charge in [0.05, 0.1) is 0 Å². The second-order valence-electron chi connectivity index (χ2n) is 7.78. The molecule has 134 valence electrons. The molecule has 0 aliphatic heterocycles. The van der Waals surface area contributed by atoms with Crippen molar-refractivity contribution in [1.82, 2.24) is 4.98 Å². The lowest BCUT2D eigenvalue weighted by Gasteiger charge is -2.28. The Morgan fingerprint density at radius 3 is 2.16 bits per heavy atom. The van der Waals surface area contributed by atoms with Gasteiger partial charge < -0.3 is 0 Å².